The molecule has 1 aliphatic rings. The van der Waals surface area contributed by atoms with Crippen molar-refractivity contribution in [2.45, 2.75) is 25.1 Å². The molecule has 3 N–H and O–H groups in total. The average Bonchev–Trinajstić information content (AvgIpc) is 2.92. The van der Waals surface area contributed by atoms with Gasteiger partial charge in [-0.05, 0) is 12.1 Å². The van der Waals surface area contributed by atoms with Crippen molar-refractivity contribution < 1.29 is 19.8 Å². The van der Waals surface area contributed by atoms with Crippen LogP contribution >= 0.6 is 22.9 Å². The molecule has 2 rings (SSSR count). The van der Waals surface area contributed by atoms with E-state index in [2.05, 4.69) is 5.32 Å². The minimum absolute atomic E-state index is 0.0357. The second kappa shape index (κ2) is 5.77. The first-order valence-electron chi connectivity index (χ1n) is 5.67. The van der Waals surface area contributed by atoms with Gasteiger partial charge in [-0.1, -0.05) is 11.6 Å². The molecule has 1 fully saturated rings. The second-order valence-corrected chi connectivity index (χ2v) is 6.06. The Morgan fingerprint density at radius 2 is 2.26 bits per heavy atom. The molecule has 6 nitrogen and oxygen atoms in total. The van der Waals surface area contributed by atoms with Gasteiger partial charge in [-0.25, -0.2) is 9.59 Å². The van der Waals surface area contributed by atoms with Crippen molar-refractivity contribution in [3.05, 3.63) is 21.3 Å². The van der Waals surface area contributed by atoms with Crippen molar-refractivity contribution in [1.82, 2.24) is 10.2 Å². The molecule has 104 valence electrons. The van der Waals surface area contributed by atoms with E-state index in [1.165, 1.54) is 11.3 Å². The molecule has 0 saturated carbocycles. The standard InChI is InChI=1S/C11H13ClN2O4S/c12-9-2-1-7(19-9)4-13-11(18)14-5-6(15)3-8(14)10(16)17/h1-2,6,8,15H,3-5H2,(H,13,18)(H,16,17)/t6-,8+/m1/s1. The number of β-amino-alcohol motifs (C(OH)–C–C–N with tert-alkyl or cyclic N) is 1. The number of urea groups is 1. The molecule has 0 unspecified atom stereocenters. The minimum atomic E-state index is -1.11. The number of aliphatic hydroxyl groups excluding tert-OH is 1. The summed E-state index contributed by atoms with van der Waals surface area (Å²) in [5.74, 6) is -1.11. The van der Waals surface area contributed by atoms with E-state index in [0.717, 1.165) is 9.78 Å². The van der Waals surface area contributed by atoms with Crippen LogP contribution in [0.3, 0.4) is 0 Å². The number of aliphatic carboxylic acids is 1. The SMILES string of the molecule is O=C(O)[C@@H]1C[C@@H](O)CN1C(=O)NCc1ccc(Cl)s1. The third-order valence-electron chi connectivity index (χ3n) is 2.87. The number of carbonyl (C=O) groups is 2. The largest absolute Gasteiger partial charge is 0.480 e. The highest BCUT2D eigenvalue weighted by molar-refractivity contribution is 7.16. The number of hydrogen-bond donors (Lipinski definition) is 3. The number of hydrogen-bond acceptors (Lipinski definition) is 4. The van der Waals surface area contributed by atoms with E-state index >= 15 is 0 Å². The van der Waals surface area contributed by atoms with Crippen molar-refractivity contribution in [2.75, 3.05) is 6.54 Å². The Bertz CT molecular complexity index is 493. The van der Waals surface area contributed by atoms with Gasteiger partial charge in [0.1, 0.15) is 6.04 Å². The molecular formula is C11H13ClN2O4S. The molecule has 0 bridgehead atoms. The van der Waals surface area contributed by atoms with Gasteiger partial charge in [-0.2, -0.15) is 0 Å². The van der Waals surface area contributed by atoms with Crippen molar-refractivity contribution >= 4 is 34.9 Å². The maximum Gasteiger partial charge on any atom is 0.326 e. The van der Waals surface area contributed by atoms with Crippen molar-refractivity contribution in [3.8, 4) is 0 Å². The Morgan fingerprint density at radius 1 is 1.53 bits per heavy atom. The van der Waals surface area contributed by atoms with E-state index in [1.54, 1.807) is 12.1 Å². The van der Waals surface area contributed by atoms with Crippen molar-refractivity contribution in [2.24, 2.45) is 0 Å². The minimum Gasteiger partial charge on any atom is -0.480 e. The van der Waals surface area contributed by atoms with Crippen LogP contribution in [0.5, 0.6) is 0 Å². The summed E-state index contributed by atoms with van der Waals surface area (Å²) in [5, 5.41) is 21.1. The highest BCUT2D eigenvalue weighted by Gasteiger charge is 2.38. The lowest BCUT2D eigenvalue weighted by Gasteiger charge is -2.21. The van der Waals surface area contributed by atoms with E-state index < -0.39 is 24.1 Å². The summed E-state index contributed by atoms with van der Waals surface area (Å²) in [6.45, 7) is 0.323. The molecule has 1 aliphatic heterocycles. The molecule has 1 saturated heterocycles. The smallest absolute Gasteiger partial charge is 0.326 e. The van der Waals surface area contributed by atoms with Gasteiger partial charge < -0.3 is 20.4 Å². The Labute approximate surface area is 118 Å². The normalized spacial score (nSPS) is 22.5. The van der Waals surface area contributed by atoms with E-state index in [4.69, 9.17) is 16.7 Å². The van der Waals surface area contributed by atoms with E-state index in [9.17, 15) is 14.7 Å². The predicted octanol–water partition coefficient (Wildman–Crippen LogP) is 1.13. The summed E-state index contributed by atoms with van der Waals surface area (Å²) in [6.07, 6.45) is -0.726. The number of nitrogens with zero attached hydrogens (tertiary/aromatic N) is 1. The quantitative estimate of drug-likeness (QED) is 0.781. The van der Waals surface area contributed by atoms with Gasteiger partial charge in [0.15, 0.2) is 0 Å². The van der Waals surface area contributed by atoms with Crippen molar-refractivity contribution in [3.63, 3.8) is 0 Å². The Balaban J connectivity index is 1.93. The first kappa shape index (κ1) is 14.1. The van der Waals surface area contributed by atoms with Gasteiger partial charge in [0.25, 0.3) is 0 Å². The summed E-state index contributed by atoms with van der Waals surface area (Å²) in [4.78, 5) is 24.9. The highest BCUT2D eigenvalue weighted by Crippen LogP contribution is 2.22. The first-order valence-corrected chi connectivity index (χ1v) is 6.86. The number of aliphatic hydroxyl groups is 1. The molecule has 0 aromatic carbocycles. The Kier molecular flexibility index (Phi) is 4.28. The van der Waals surface area contributed by atoms with Crippen LogP contribution in [0.15, 0.2) is 12.1 Å². The predicted molar refractivity (Wildman–Crippen MR) is 70.3 cm³/mol. The molecule has 8 heteroatoms. The molecule has 19 heavy (non-hydrogen) atoms. The van der Waals surface area contributed by atoms with Gasteiger partial charge in [0.05, 0.1) is 17.0 Å². The van der Waals surface area contributed by atoms with Gasteiger partial charge in [-0.15, -0.1) is 11.3 Å². The molecule has 0 radical (unpaired) electrons. The number of halogens is 1. The summed E-state index contributed by atoms with van der Waals surface area (Å²) >= 11 is 7.12. The van der Waals surface area contributed by atoms with Gasteiger partial charge >= 0.3 is 12.0 Å². The van der Waals surface area contributed by atoms with Crippen LogP contribution < -0.4 is 5.32 Å². The van der Waals surface area contributed by atoms with Crippen LogP contribution in [-0.2, 0) is 11.3 Å². The maximum atomic E-state index is 11.9. The van der Waals surface area contributed by atoms with Crippen LogP contribution in [-0.4, -0.2) is 45.8 Å². The number of rotatable bonds is 3. The van der Waals surface area contributed by atoms with Crippen LogP contribution in [0.4, 0.5) is 4.79 Å². The first-order chi connectivity index (χ1) is 8.97. The number of amides is 2. The van der Waals surface area contributed by atoms with Gasteiger partial charge in [0.2, 0.25) is 0 Å². The van der Waals surface area contributed by atoms with Crippen LogP contribution in [0.1, 0.15) is 11.3 Å². The lowest BCUT2D eigenvalue weighted by atomic mass is 10.2. The summed E-state index contributed by atoms with van der Waals surface area (Å²) in [6, 6.07) is 2.06. The number of carboxylic acid groups (broad SMARTS) is 1. The second-order valence-electron chi connectivity index (χ2n) is 4.26. The van der Waals surface area contributed by atoms with Crippen LogP contribution in [0.25, 0.3) is 0 Å². The molecule has 1 aromatic heterocycles. The number of carbonyl (C=O) groups excluding carboxylic acids is 1. The molecule has 2 heterocycles. The van der Waals surface area contributed by atoms with Gasteiger partial charge in [-0.3, -0.25) is 0 Å². The van der Waals surface area contributed by atoms with Gasteiger partial charge in [0, 0.05) is 17.8 Å². The lowest BCUT2D eigenvalue weighted by Crippen LogP contribution is -2.45. The van der Waals surface area contributed by atoms with Crippen molar-refractivity contribution in [1.29, 1.82) is 0 Å². The van der Waals surface area contributed by atoms with Crippen LogP contribution in [0, 0.1) is 0 Å². The molecular weight excluding hydrogens is 292 g/mol. The molecule has 2 atom stereocenters. The zero-order valence-electron chi connectivity index (χ0n) is 9.88. The Hall–Kier alpha value is -1.31. The number of thiophene rings is 1. The van der Waals surface area contributed by atoms with Crippen LogP contribution in [0.2, 0.25) is 4.34 Å². The topological polar surface area (TPSA) is 89.9 Å². The third kappa shape index (κ3) is 3.37. The lowest BCUT2D eigenvalue weighted by molar-refractivity contribution is -0.141. The maximum absolute atomic E-state index is 11.9. The highest BCUT2D eigenvalue weighted by atomic mass is 35.5. The fraction of sp³-hybridized carbons (Fsp3) is 0.455. The zero-order valence-corrected chi connectivity index (χ0v) is 11.4. The Morgan fingerprint density at radius 3 is 2.84 bits per heavy atom. The number of likely N-dealkylation sites (tertiary alicyclic amines) is 1. The molecule has 0 spiro atoms. The summed E-state index contributed by atoms with van der Waals surface area (Å²) in [5.41, 5.74) is 0. The van der Waals surface area contributed by atoms with E-state index in [-0.39, 0.29) is 19.5 Å². The average molecular weight is 305 g/mol. The number of carboxylic acids is 1. The number of nitrogens with one attached hydrogen (secondary N) is 1. The van der Waals surface area contributed by atoms with E-state index in [0.29, 0.717) is 4.34 Å². The monoisotopic (exact) mass is 304 g/mol. The molecule has 2 amide bonds. The van der Waals surface area contributed by atoms with E-state index in [1.807, 2.05) is 0 Å². The summed E-state index contributed by atoms with van der Waals surface area (Å²) in [7, 11) is 0. The third-order valence-corrected chi connectivity index (χ3v) is 4.10. The zero-order chi connectivity index (χ0) is 14.0. The fourth-order valence-corrected chi connectivity index (χ4v) is 3.01. The molecule has 1 aromatic rings. The summed E-state index contributed by atoms with van der Waals surface area (Å²) < 4.78 is 0.629. The molecule has 0 aliphatic carbocycles. The fourth-order valence-electron chi connectivity index (χ4n) is 1.98.